The Morgan fingerprint density at radius 2 is 1.10 bits per heavy atom. The summed E-state index contributed by atoms with van der Waals surface area (Å²) in [6.45, 7) is -1.05. The fraction of sp³-hybridized carbons (Fsp3) is 1.00. The third kappa shape index (κ3) is 8.39. The Labute approximate surface area is 120 Å². The number of aliphatic hydroxyl groups is 4. The molecule has 0 amide bonds. The molecule has 0 heterocycles. The summed E-state index contributed by atoms with van der Waals surface area (Å²) in [7, 11) is 0. The Balaban J connectivity index is -0.000000245. The molecule has 0 aliphatic carbocycles. The topological polar surface area (TPSA) is 80.9 Å². The second kappa shape index (κ2) is 11.3. The summed E-state index contributed by atoms with van der Waals surface area (Å²) in [5.41, 5.74) is 0. The fourth-order valence-corrected chi connectivity index (χ4v) is 0.243. The van der Waals surface area contributed by atoms with Gasteiger partial charge >= 0.3 is 0 Å². The summed E-state index contributed by atoms with van der Waals surface area (Å²) >= 11 is 0. The second-order valence-electron chi connectivity index (χ2n) is 1.50. The Bertz CT molecular complexity index is 57.2. The number of aliphatic hydroxyl groups excluding tert-OH is 4. The van der Waals surface area contributed by atoms with Crippen molar-refractivity contribution in [3.05, 3.63) is 0 Å². The van der Waals surface area contributed by atoms with Crippen LogP contribution in [0.4, 0.5) is 0 Å². The van der Waals surface area contributed by atoms with E-state index in [4.69, 9.17) is 20.4 Å². The predicted molar refractivity (Wildman–Crippen MR) is 37.7 cm³/mol. The van der Waals surface area contributed by atoms with Gasteiger partial charge in [0, 0.05) is 75.8 Å². The first-order valence-electron chi connectivity index (χ1n) is 2.30. The van der Waals surface area contributed by atoms with Gasteiger partial charge in [0.1, 0.15) is 12.2 Å². The molecule has 4 N–H and O–H groups in total. The van der Waals surface area contributed by atoms with Crippen molar-refractivity contribution < 1.29 is 20.4 Å². The smallest absolute Gasteiger partial charge is 0.105 e. The van der Waals surface area contributed by atoms with Crippen molar-refractivity contribution in [2.45, 2.75) is 12.2 Å². The minimum atomic E-state index is -1.22. The molecule has 0 fully saturated rings. The molecule has 0 bridgehead atoms. The van der Waals surface area contributed by atoms with Gasteiger partial charge < -0.3 is 20.4 Å². The summed E-state index contributed by atoms with van der Waals surface area (Å²) in [5.74, 6) is 0. The average Bonchev–Trinajstić information content (AvgIpc) is 1.84. The van der Waals surface area contributed by atoms with Gasteiger partial charge in [0.15, 0.2) is 0 Å². The molecule has 0 spiro atoms. The Hall–Kier alpha value is 2.29. The van der Waals surface area contributed by atoms with E-state index in [0.717, 1.165) is 0 Å². The minimum Gasteiger partial charge on any atom is -0.394 e. The van der Waals surface area contributed by atoms with Crippen molar-refractivity contribution in [2.24, 2.45) is 0 Å². The second-order valence-corrected chi connectivity index (χ2v) is 1.50. The minimum absolute atomic E-state index is 0. The van der Waals surface area contributed by atoms with E-state index >= 15 is 0 Å². The molecule has 2 atom stereocenters. The molecule has 0 unspecified atom stereocenters. The molecule has 0 aromatic carbocycles. The molecule has 0 aromatic rings. The van der Waals surface area contributed by atoms with Gasteiger partial charge in [-0.1, -0.05) is 0 Å². The Kier molecular flexibility index (Phi) is 20.5. The van der Waals surface area contributed by atoms with E-state index in [2.05, 4.69) is 0 Å². The first kappa shape index (κ1) is 18.2. The predicted octanol–water partition coefficient (Wildman–Crippen LogP) is -3.07. The maximum Gasteiger partial charge on any atom is 0.105 e. The number of hydrogen-bond acceptors (Lipinski definition) is 4. The van der Waals surface area contributed by atoms with E-state index in [1.165, 1.54) is 0 Å². The third-order valence-electron chi connectivity index (χ3n) is 0.818. The molecule has 56 valence electrons. The van der Waals surface area contributed by atoms with E-state index in [1.54, 1.807) is 0 Å². The molecule has 0 saturated heterocycles. The summed E-state index contributed by atoms with van der Waals surface area (Å²) in [5, 5.41) is 33.2. The van der Waals surface area contributed by atoms with Crippen molar-refractivity contribution in [3.8, 4) is 0 Å². The standard InChI is InChI=1S/C4H10O4.K.Sb/c5-1-3(7)4(8)2-6;;/h3-8H,1-2H2;;/t3-,4+;;. The monoisotopic (exact) mass is 282 g/mol. The SMILES string of the molecule is OC[C@@H](O)[C@@H](O)CO.[K].[Sb]. The van der Waals surface area contributed by atoms with Gasteiger partial charge in [0.2, 0.25) is 0 Å². The van der Waals surface area contributed by atoms with E-state index < -0.39 is 25.4 Å². The van der Waals surface area contributed by atoms with Crippen LogP contribution in [0.1, 0.15) is 0 Å². The summed E-state index contributed by atoms with van der Waals surface area (Å²) in [6, 6.07) is 0. The quantitative estimate of drug-likeness (QED) is 0.414. The van der Waals surface area contributed by atoms with Gasteiger partial charge in [-0.05, 0) is 0 Å². The number of hydrogen-bond donors (Lipinski definition) is 4. The Morgan fingerprint density at radius 1 is 0.900 bits per heavy atom. The van der Waals surface area contributed by atoms with Crippen LogP contribution in [0.2, 0.25) is 0 Å². The molecule has 0 aromatic heterocycles. The first-order valence-corrected chi connectivity index (χ1v) is 2.30. The first-order chi connectivity index (χ1) is 3.72. The van der Waals surface area contributed by atoms with Crippen LogP contribution < -0.4 is 0 Å². The molecule has 10 heavy (non-hydrogen) atoms. The van der Waals surface area contributed by atoms with E-state index in [9.17, 15) is 0 Å². The zero-order valence-electron chi connectivity index (χ0n) is 5.80. The maximum atomic E-state index is 8.47. The van der Waals surface area contributed by atoms with Gasteiger partial charge in [0.05, 0.1) is 13.2 Å². The molecule has 4 nitrogen and oxygen atoms in total. The van der Waals surface area contributed by atoms with Crippen LogP contribution in [0.25, 0.3) is 0 Å². The third-order valence-corrected chi connectivity index (χ3v) is 0.818. The zero-order valence-corrected chi connectivity index (χ0v) is 11.5. The molecule has 4 radical (unpaired) electrons. The number of rotatable bonds is 3. The molecular weight excluding hydrogens is 273 g/mol. The summed E-state index contributed by atoms with van der Waals surface area (Å²) < 4.78 is 0. The zero-order chi connectivity index (χ0) is 6.57. The van der Waals surface area contributed by atoms with Crippen LogP contribution >= 0.6 is 0 Å². The normalized spacial score (nSPS) is 14.4. The van der Waals surface area contributed by atoms with E-state index in [-0.39, 0.29) is 75.8 Å². The molecule has 0 aliphatic heterocycles. The van der Waals surface area contributed by atoms with Gasteiger partial charge in [-0.3, -0.25) is 0 Å². The molecule has 0 aliphatic rings. The van der Waals surface area contributed by atoms with Gasteiger partial charge in [-0.25, -0.2) is 0 Å². The van der Waals surface area contributed by atoms with Crippen molar-refractivity contribution >= 4 is 75.8 Å². The Morgan fingerprint density at radius 3 is 1.20 bits per heavy atom. The van der Waals surface area contributed by atoms with Gasteiger partial charge in [-0.15, -0.1) is 0 Å². The van der Waals surface area contributed by atoms with Crippen molar-refractivity contribution in [1.29, 1.82) is 0 Å². The van der Waals surface area contributed by atoms with E-state index in [1.807, 2.05) is 0 Å². The maximum absolute atomic E-state index is 8.47. The van der Waals surface area contributed by atoms with Gasteiger partial charge in [0.25, 0.3) is 0 Å². The molecule has 6 heteroatoms. The van der Waals surface area contributed by atoms with Crippen LogP contribution in [0.15, 0.2) is 0 Å². The van der Waals surface area contributed by atoms with Crippen molar-refractivity contribution in [2.75, 3.05) is 13.2 Å². The van der Waals surface area contributed by atoms with Crippen molar-refractivity contribution in [3.63, 3.8) is 0 Å². The summed E-state index contributed by atoms with van der Waals surface area (Å²) in [4.78, 5) is 0. The van der Waals surface area contributed by atoms with Crippen LogP contribution in [0.3, 0.4) is 0 Å². The molecule has 0 saturated carbocycles. The summed E-state index contributed by atoms with van der Waals surface area (Å²) in [6.07, 6.45) is -2.44. The van der Waals surface area contributed by atoms with Crippen LogP contribution in [0.5, 0.6) is 0 Å². The van der Waals surface area contributed by atoms with Gasteiger partial charge in [-0.2, -0.15) is 0 Å². The largest absolute Gasteiger partial charge is 0.394 e. The van der Waals surface area contributed by atoms with E-state index in [0.29, 0.717) is 0 Å². The van der Waals surface area contributed by atoms with Crippen LogP contribution in [-0.4, -0.2) is 122 Å². The molecule has 0 rings (SSSR count). The molecular formula is C4H10KO4Sb. The van der Waals surface area contributed by atoms with Crippen LogP contribution in [0, 0.1) is 0 Å². The fourth-order valence-electron chi connectivity index (χ4n) is 0.243. The van der Waals surface area contributed by atoms with Crippen LogP contribution in [-0.2, 0) is 0 Å². The average molecular weight is 283 g/mol. The van der Waals surface area contributed by atoms with Crippen molar-refractivity contribution in [1.82, 2.24) is 0 Å².